The summed E-state index contributed by atoms with van der Waals surface area (Å²) < 4.78 is 10.2. The Kier molecular flexibility index (Phi) is 5.49. The van der Waals surface area contributed by atoms with Gasteiger partial charge >= 0.3 is 0 Å². The summed E-state index contributed by atoms with van der Waals surface area (Å²) in [5, 5.41) is 2.85. The highest BCUT2D eigenvalue weighted by Gasteiger charge is 2.05. The van der Waals surface area contributed by atoms with E-state index in [-0.39, 0.29) is 5.91 Å². The van der Waals surface area contributed by atoms with Gasteiger partial charge in [0.1, 0.15) is 5.76 Å². The third kappa shape index (κ3) is 4.31. The highest BCUT2D eigenvalue weighted by Crippen LogP contribution is 2.11. The molecule has 0 radical (unpaired) electrons. The molecule has 0 aliphatic rings. The molecule has 0 atom stereocenters. The van der Waals surface area contributed by atoms with E-state index in [9.17, 15) is 4.79 Å². The van der Waals surface area contributed by atoms with Crippen LogP contribution in [0.25, 0.3) is 0 Å². The van der Waals surface area contributed by atoms with Crippen LogP contribution in [0.4, 0.5) is 0 Å². The molecule has 1 N–H and O–H groups in total. The standard InChI is InChI=1S/C14H16N2O3S/c1-18-13-5-4-11(9-16-13)14(17)15-6-8-20-10-12-3-2-7-19-12/h2-5,7,9H,6,8,10H2,1H3,(H,15,17). The number of methoxy groups -OCH3 is 1. The number of carbonyl (C=O) groups excluding carboxylic acids is 1. The van der Waals surface area contributed by atoms with Crippen LogP contribution in [0.15, 0.2) is 41.1 Å². The fourth-order valence-electron chi connectivity index (χ4n) is 1.54. The molecule has 0 fully saturated rings. The molecule has 0 bridgehead atoms. The average molecular weight is 292 g/mol. The molecule has 2 heterocycles. The molecule has 5 nitrogen and oxygen atoms in total. The number of nitrogens with zero attached hydrogens (tertiary/aromatic N) is 1. The Balaban J connectivity index is 1.66. The molecule has 0 unspecified atom stereocenters. The van der Waals surface area contributed by atoms with Crippen molar-refractivity contribution in [2.75, 3.05) is 19.4 Å². The van der Waals surface area contributed by atoms with E-state index in [0.29, 0.717) is 18.0 Å². The molecule has 20 heavy (non-hydrogen) atoms. The second-order valence-electron chi connectivity index (χ2n) is 3.98. The molecule has 0 aliphatic carbocycles. The Hall–Kier alpha value is -1.95. The highest BCUT2D eigenvalue weighted by atomic mass is 32.2. The Morgan fingerprint density at radius 2 is 2.35 bits per heavy atom. The van der Waals surface area contributed by atoms with E-state index in [2.05, 4.69) is 10.3 Å². The van der Waals surface area contributed by atoms with E-state index in [1.165, 1.54) is 6.20 Å². The van der Waals surface area contributed by atoms with Crippen molar-refractivity contribution in [3.8, 4) is 5.88 Å². The first-order chi connectivity index (χ1) is 9.79. The lowest BCUT2D eigenvalue weighted by Gasteiger charge is -2.05. The maximum atomic E-state index is 11.8. The van der Waals surface area contributed by atoms with E-state index < -0.39 is 0 Å². The third-order valence-corrected chi connectivity index (χ3v) is 3.55. The fraction of sp³-hybridized carbons (Fsp3) is 0.286. The second-order valence-corrected chi connectivity index (χ2v) is 5.08. The highest BCUT2D eigenvalue weighted by molar-refractivity contribution is 7.98. The maximum Gasteiger partial charge on any atom is 0.252 e. The minimum absolute atomic E-state index is 0.126. The zero-order valence-corrected chi connectivity index (χ0v) is 12.0. The van der Waals surface area contributed by atoms with Gasteiger partial charge in [-0.15, -0.1) is 0 Å². The number of carbonyl (C=O) groups is 1. The molecule has 0 saturated carbocycles. The van der Waals surface area contributed by atoms with Gasteiger partial charge in [-0.3, -0.25) is 4.79 Å². The zero-order chi connectivity index (χ0) is 14.2. The van der Waals surface area contributed by atoms with Gasteiger partial charge in [0.2, 0.25) is 5.88 Å². The van der Waals surface area contributed by atoms with Crippen LogP contribution in [-0.2, 0) is 5.75 Å². The summed E-state index contributed by atoms with van der Waals surface area (Å²) in [6.45, 7) is 0.607. The lowest BCUT2D eigenvalue weighted by Crippen LogP contribution is -2.25. The number of ether oxygens (including phenoxy) is 1. The number of pyridine rings is 1. The maximum absolute atomic E-state index is 11.8. The van der Waals surface area contributed by atoms with Gasteiger partial charge in [0.25, 0.3) is 5.91 Å². The number of aromatic nitrogens is 1. The first-order valence-electron chi connectivity index (χ1n) is 6.18. The molecule has 0 spiro atoms. The number of rotatable bonds is 7. The monoisotopic (exact) mass is 292 g/mol. The summed E-state index contributed by atoms with van der Waals surface area (Å²) in [6, 6.07) is 7.17. The molecular weight excluding hydrogens is 276 g/mol. The first kappa shape index (κ1) is 14.5. The van der Waals surface area contributed by atoms with E-state index >= 15 is 0 Å². The molecule has 2 aromatic heterocycles. The molecule has 2 aromatic rings. The predicted octanol–water partition coefficient (Wildman–Crippen LogP) is 2.35. The van der Waals surface area contributed by atoms with Crippen LogP contribution in [0.3, 0.4) is 0 Å². The Morgan fingerprint density at radius 3 is 3.00 bits per heavy atom. The van der Waals surface area contributed by atoms with Crippen LogP contribution < -0.4 is 10.1 Å². The normalized spacial score (nSPS) is 10.2. The molecule has 0 aliphatic heterocycles. The summed E-state index contributed by atoms with van der Waals surface area (Å²) in [5.41, 5.74) is 0.529. The minimum Gasteiger partial charge on any atom is -0.481 e. The molecular formula is C14H16N2O3S. The van der Waals surface area contributed by atoms with Crippen LogP contribution in [-0.4, -0.2) is 30.3 Å². The quantitative estimate of drug-likeness (QED) is 0.794. The van der Waals surface area contributed by atoms with Gasteiger partial charge in [0, 0.05) is 24.6 Å². The Labute approximate surface area is 121 Å². The van der Waals surface area contributed by atoms with Gasteiger partial charge < -0.3 is 14.5 Å². The van der Waals surface area contributed by atoms with Crippen molar-refractivity contribution >= 4 is 17.7 Å². The SMILES string of the molecule is COc1ccc(C(=O)NCCSCc2ccco2)cn1. The smallest absolute Gasteiger partial charge is 0.252 e. The zero-order valence-electron chi connectivity index (χ0n) is 11.2. The van der Waals surface area contributed by atoms with Crippen LogP contribution in [0.2, 0.25) is 0 Å². The number of nitrogens with one attached hydrogen (secondary N) is 1. The van der Waals surface area contributed by atoms with Crippen molar-refractivity contribution in [1.29, 1.82) is 0 Å². The molecule has 6 heteroatoms. The summed E-state index contributed by atoms with van der Waals surface area (Å²) in [7, 11) is 1.54. The molecule has 0 aromatic carbocycles. The third-order valence-electron chi connectivity index (χ3n) is 2.56. The number of hydrogen-bond acceptors (Lipinski definition) is 5. The van der Waals surface area contributed by atoms with Crippen LogP contribution >= 0.6 is 11.8 Å². The van der Waals surface area contributed by atoms with E-state index in [1.807, 2.05) is 12.1 Å². The van der Waals surface area contributed by atoms with E-state index in [0.717, 1.165) is 17.3 Å². The van der Waals surface area contributed by atoms with Gasteiger partial charge in [0.15, 0.2) is 0 Å². The van der Waals surface area contributed by atoms with Gasteiger partial charge in [0.05, 0.1) is 24.7 Å². The van der Waals surface area contributed by atoms with Crippen molar-refractivity contribution in [2.24, 2.45) is 0 Å². The minimum atomic E-state index is -0.126. The first-order valence-corrected chi connectivity index (χ1v) is 7.33. The van der Waals surface area contributed by atoms with Crippen molar-refractivity contribution in [1.82, 2.24) is 10.3 Å². The van der Waals surface area contributed by atoms with E-state index in [4.69, 9.17) is 9.15 Å². The van der Waals surface area contributed by atoms with Crippen molar-refractivity contribution in [3.05, 3.63) is 48.0 Å². The van der Waals surface area contributed by atoms with Crippen LogP contribution in [0.1, 0.15) is 16.1 Å². The molecule has 0 saturated heterocycles. The van der Waals surface area contributed by atoms with Crippen molar-refractivity contribution < 1.29 is 13.9 Å². The number of thioether (sulfide) groups is 1. The van der Waals surface area contributed by atoms with Crippen molar-refractivity contribution in [2.45, 2.75) is 5.75 Å². The summed E-state index contributed by atoms with van der Waals surface area (Å²) in [4.78, 5) is 15.8. The molecule has 106 valence electrons. The largest absolute Gasteiger partial charge is 0.481 e. The van der Waals surface area contributed by atoms with E-state index in [1.54, 1.807) is 37.3 Å². The van der Waals surface area contributed by atoms with Crippen molar-refractivity contribution in [3.63, 3.8) is 0 Å². The number of amides is 1. The topological polar surface area (TPSA) is 64.4 Å². The molecule has 2 rings (SSSR count). The summed E-state index contributed by atoms with van der Waals surface area (Å²) >= 11 is 1.71. The van der Waals surface area contributed by atoms with Gasteiger partial charge in [-0.2, -0.15) is 11.8 Å². The number of hydrogen-bond donors (Lipinski definition) is 1. The summed E-state index contributed by atoms with van der Waals surface area (Å²) in [5.74, 6) is 2.96. The lowest BCUT2D eigenvalue weighted by molar-refractivity contribution is 0.0955. The van der Waals surface area contributed by atoms with Gasteiger partial charge in [-0.05, 0) is 18.2 Å². The predicted molar refractivity (Wildman–Crippen MR) is 78.0 cm³/mol. The summed E-state index contributed by atoms with van der Waals surface area (Å²) in [6.07, 6.45) is 3.17. The number of furan rings is 1. The fourth-order valence-corrected chi connectivity index (χ4v) is 2.30. The second kappa shape index (κ2) is 7.59. The van der Waals surface area contributed by atoms with Gasteiger partial charge in [-0.1, -0.05) is 0 Å². The molecule has 1 amide bonds. The van der Waals surface area contributed by atoms with Gasteiger partial charge in [-0.25, -0.2) is 4.98 Å². The lowest BCUT2D eigenvalue weighted by atomic mass is 10.2. The van der Waals surface area contributed by atoms with Crippen LogP contribution in [0.5, 0.6) is 5.88 Å². The Bertz CT molecular complexity index is 526. The Morgan fingerprint density at radius 1 is 1.45 bits per heavy atom. The van der Waals surface area contributed by atoms with Crippen LogP contribution in [0, 0.1) is 0 Å². The average Bonchev–Trinajstić information content (AvgIpc) is 3.00.